The van der Waals surface area contributed by atoms with Crippen LogP contribution >= 0.6 is 0 Å². The molecule has 0 amide bonds. The fourth-order valence-electron chi connectivity index (χ4n) is 19.4. The van der Waals surface area contributed by atoms with Crippen molar-refractivity contribution in [3.8, 4) is 55.9 Å². The first kappa shape index (κ1) is 80.5. The molecule has 0 spiro atoms. The molecule has 0 N–H and O–H groups in total. The molecule has 15 aromatic rings. The third kappa shape index (κ3) is 14.0. The van der Waals surface area contributed by atoms with Gasteiger partial charge in [-0.25, -0.2) is 0 Å². The first-order valence-electron chi connectivity index (χ1n) is 43.7. The minimum atomic E-state index is -0.357. The second-order valence-electron chi connectivity index (χ2n) is 44.0. The second-order valence-corrected chi connectivity index (χ2v) is 44.0. The standard InChI is InChI=1S/C114H123BN4/c1-106(2,3)74-38-32-36-70(60-74)81-54-48-72(103-87(111(16,17)18)42-34-43-88(103)112(19,20)21)62-97(81)118-99-68-79(116-93-46-30-28-40-83(93)85-64-76(108(7,8)9)50-58-95(85)116)52-56-91(99)115-92-57-53-80(117-94-47-31-29-41-84(94)86-65-77(109(10,11)12)51-59-96(86)117)69-100(92)119(102-67-78(110(13,14)15)66-101(118)105(102)115)98-63-73(49-55-82(98)71-37-33-39-75(61-71)107(4,5)6)104-89(113(22,23)24)44-35-45-90(104)114(25,26)27/h28-69H,1-27H3. The number of nitrogens with zero attached hydrogens (tertiary/aromatic N) is 4. The largest absolute Gasteiger partial charge is 0.311 e. The molecule has 13 aromatic carbocycles. The molecule has 2 aliphatic rings. The van der Waals surface area contributed by atoms with Crippen LogP contribution in [0.5, 0.6) is 0 Å². The van der Waals surface area contributed by atoms with Gasteiger partial charge in [-0.2, -0.15) is 0 Å². The van der Waals surface area contributed by atoms with Crippen molar-refractivity contribution in [3.63, 3.8) is 0 Å². The molecule has 602 valence electrons. The maximum Gasteiger partial charge on any atom is 0.252 e. The molecule has 0 saturated heterocycles. The highest BCUT2D eigenvalue weighted by molar-refractivity contribution is 7.00. The molecule has 0 bridgehead atoms. The van der Waals surface area contributed by atoms with E-state index < -0.39 is 0 Å². The van der Waals surface area contributed by atoms with Gasteiger partial charge in [0, 0.05) is 66.8 Å². The molecule has 4 nitrogen and oxygen atoms in total. The summed E-state index contributed by atoms with van der Waals surface area (Å²) < 4.78 is 5.12. The molecule has 0 unspecified atom stereocenters. The van der Waals surface area contributed by atoms with Crippen molar-refractivity contribution in [2.45, 2.75) is 236 Å². The Bertz CT molecular complexity index is 6160. The van der Waals surface area contributed by atoms with Crippen LogP contribution in [0.3, 0.4) is 0 Å². The molecule has 0 radical (unpaired) electrons. The summed E-state index contributed by atoms with van der Waals surface area (Å²) in [6.45, 7) is 63.9. The maximum absolute atomic E-state index is 2.77. The minimum Gasteiger partial charge on any atom is -0.311 e. The predicted octanol–water partition coefficient (Wildman–Crippen LogP) is 30.3. The second kappa shape index (κ2) is 27.9. The van der Waals surface area contributed by atoms with Crippen molar-refractivity contribution in [2.24, 2.45) is 0 Å². The zero-order valence-corrected chi connectivity index (χ0v) is 76.1. The zero-order chi connectivity index (χ0) is 84.9. The van der Waals surface area contributed by atoms with E-state index in [2.05, 4.69) is 461 Å². The molecule has 119 heavy (non-hydrogen) atoms. The Balaban J connectivity index is 1.07. The third-order valence-corrected chi connectivity index (χ3v) is 26.0. The normalized spacial score (nSPS) is 13.8. The SMILES string of the molecule is CC(C)(C)c1cccc(-c2ccc(-c3c(C(C)(C)C)cccc3C(C)(C)C)cc2N2c3cc(-n4c5ccccc5c5cc(C(C)(C)C)ccc54)ccc3B3c4ccc(-n5c6ccccc6c6cc(C(C)(C)C)ccc65)cc4N(c4cc(-c5c(C(C)(C)C)cccc5C(C)(C)C)ccc4-c4cccc(C(C)(C)C)c4)c4cc(C(C)(C)C)cc2c43)c1. The Labute approximate surface area is 711 Å². The Morgan fingerprint density at radius 2 is 0.538 bits per heavy atom. The summed E-state index contributed by atoms with van der Waals surface area (Å²) in [5, 5.41) is 5.00. The number of hydrogen-bond acceptors (Lipinski definition) is 2. The molecule has 17 rings (SSSR count). The van der Waals surface area contributed by atoms with E-state index in [1.165, 1.54) is 166 Å². The Morgan fingerprint density at radius 3 is 0.882 bits per heavy atom. The summed E-state index contributed by atoms with van der Waals surface area (Å²) in [5.74, 6) is 0. The van der Waals surface area contributed by atoms with Gasteiger partial charge < -0.3 is 18.9 Å². The highest BCUT2D eigenvalue weighted by Crippen LogP contribution is 2.55. The number of fused-ring (bicyclic) bond motifs is 10. The first-order valence-corrected chi connectivity index (χ1v) is 43.7. The average Bonchev–Trinajstić information content (AvgIpc) is 0.858. The van der Waals surface area contributed by atoms with Crippen molar-refractivity contribution >= 4 is 101 Å². The first-order chi connectivity index (χ1) is 55.7. The molecule has 0 atom stereocenters. The number of anilines is 6. The maximum atomic E-state index is 2.77. The predicted molar refractivity (Wildman–Crippen MR) is 519 cm³/mol. The van der Waals surface area contributed by atoms with Gasteiger partial charge in [0.25, 0.3) is 6.71 Å². The summed E-state index contributed by atoms with van der Waals surface area (Å²) >= 11 is 0. The molecule has 2 aromatic heterocycles. The topological polar surface area (TPSA) is 16.3 Å². The van der Waals surface area contributed by atoms with E-state index in [-0.39, 0.29) is 55.4 Å². The van der Waals surface area contributed by atoms with E-state index in [9.17, 15) is 0 Å². The summed E-state index contributed by atoms with van der Waals surface area (Å²) in [6.07, 6.45) is 0. The molecular formula is C114H123BN4. The summed E-state index contributed by atoms with van der Waals surface area (Å²) in [5.41, 5.74) is 37.7. The quantitative estimate of drug-likeness (QED) is 0.141. The van der Waals surface area contributed by atoms with Crippen LogP contribution in [0.4, 0.5) is 34.1 Å². The molecule has 4 heterocycles. The summed E-state index contributed by atoms with van der Waals surface area (Å²) in [4.78, 5) is 5.55. The Morgan fingerprint density at radius 1 is 0.210 bits per heavy atom. The van der Waals surface area contributed by atoms with Crippen LogP contribution in [0.25, 0.3) is 99.5 Å². The number of benzene rings is 13. The molecule has 0 saturated carbocycles. The van der Waals surface area contributed by atoms with Crippen LogP contribution in [-0.2, 0) is 48.7 Å². The monoisotopic (exact) mass is 1560 g/mol. The number of para-hydroxylation sites is 2. The number of aromatic nitrogens is 2. The summed E-state index contributed by atoms with van der Waals surface area (Å²) in [7, 11) is 0. The van der Waals surface area contributed by atoms with E-state index in [0.717, 1.165) is 34.1 Å². The summed E-state index contributed by atoms with van der Waals surface area (Å²) in [6, 6.07) is 101. The molecule has 0 fully saturated rings. The minimum absolute atomic E-state index is 0.0526. The van der Waals surface area contributed by atoms with Gasteiger partial charge in [0.05, 0.1) is 33.4 Å². The van der Waals surface area contributed by atoms with Crippen molar-refractivity contribution in [1.29, 1.82) is 0 Å². The van der Waals surface area contributed by atoms with Gasteiger partial charge in [0.1, 0.15) is 0 Å². The lowest BCUT2D eigenvalue weighted by molar-refractivity contribution is 0.571. The number of hydrogen-bond donors (Lipinski definition) is 0. The van der Waals surface area contributed by atoms with E-state index in [1.54, 1.807) is 0 Å². The average molecular weight is 1560 g/mol. The van der Waals surface area contributed by atoms with Gasteiger partial charge >= 0.3 is 0 Å². The van der Waals surface area contributed by atoms with Crippen LogP contribution in [0, 0.1) is 0 Å². The van der Waals surface area contributed by atoms with Gasteiger partial charge in [-0.1, -0.05) is 357 Å². The lowest BCUT2D eigenvalue weighted by Crippen LogP contribution is -2.61. The van der Waals surface area contributed by atoms with Crippen LogP contribution in [0.2, 0.25) is 0 Å². The Hall–Kier alpha value is -10.9. The highest BCUT2D eigenvalue weighted by Gasteiger charge is 2.47. The fourth-order valence-corrected chi connectivity index (χ4v) is 19.4. The van der Waals surface area contributed by atoms with Gasteiger partial charge in [0.15, 0.2) is 0 Å². The Kier molecular flexibility index (Phi) is 18.9. The number of rotatable bonds is 8. The molecule has 0 aliphatic carbocycles. The molecular weight excluding hydrogens is 1440 g/mol. The van der Waals surface area contributed by atoms with Gasteiger partial charge in [-0.05, 0) is 234 Å². The van der Waals surface area contributed by atoms with E-state index in [0.29, 0.717) is 0 Å². The van der Waals surface area contributed by atoms with Crippen molar-refractivity contribution in [3.05, 3.63) is 305 Å². The van der Waals surface area contributed by atoms with Crippen LogP contribution in [0.15, 0.2) is 255 Å². The van der Waals surface area contributed by atoms with Gasteiger partial charge in [-0.3, -0.25) is 0 Å². The molecule has 2 aliphatic heterocycles. The van der Waals surface area contributed by atoms with Crippen LogP contribution in [-0.4, -0.2) is 15.8 Å². The highest BCUT2D eigenvalue weighted by atomic mass is 15.2. The van der Waals surface area contributed by atoms with Gasteiger partial charge in [0.2, 0.25) is 0 Å². The third-order valence-electron chi connectivity index (χ3n) is 26.0. The lowest BCUT2D eigenvalue weighted by Gasteiger charge is -2.46. The van der Waals surface area contributed by atoms with Crippen molar-refractivity contribution in [1.82, 2.24) is 9.13 Å². The zero-order valence-electron chi connectivity index (χ0n) is 76.1. The van der Waals surface area contributed by atoms with E-state index in [4.69, 9.17) is 0 Å². The smallest absolute Gasteiger partial charge is 0.252 e. The van der Waals surface area contributed by atoms with Crippen LogP contribution in [0.1, 0.15) is 237 Å². The van der Waals surface area contributed by atoms with Crippen molar-refractivity contribution < 1.29 is 0 Å². The van der Waals surface area contributed by atoms with E-state index >= 15 is 0 Å². The molecule has 5 heteroatoms. The van der Waals surface area contributed by atoms with Crippen LogP contribution < -0.4 is 26.2 Å². The fraction of sp³-hybridized carbons (Fsp3) is 0.316. The van der Waals surface area contributed by atoms with Gasteiger partial charge in [-0.15, -0.1) is 0 Å². The lowest BCUT2D eigenvalue weighted by atomic mass is 9.33. The van der Waals surface area contributed by atoms with Crippen molar-refractivity contribution in [2.75, 3.05) is 9.80 Å². The van der Waals surface area contributed by atoms with E-state index in [1.807, 2.05) is 0 Å².